The third-order valence-corrected chi connectivity index (χ3v) is 6.68. The van der Waals surface area contributed by atoms with E-state index in [9.17, 15) is 20.2 Å². The van der Waals surface area contributed by atoms with Gasteiger partial charge in [0.15, 0.2) is 0 Å². The minimum atomic E-state index is -0.439. The van der Waals surface area contributed by atoms with Gasteiger partial charge in [0.05, 0.1) is 30.2 Å². The zero-order valence-electron chi connectivity index (χ0n) is 19.1. The van der Waals surface area contributed by atoms with Crippen LogP contribution in [-0.4, -0.2) is 22.3 Å². The van der Waals surface area contributed by atoms with E-state index in [1.807, 2.05) is 48.5 Å². The SMILES string of the molecule is O=[N+]([O-])c1cc(C=Nc2ccc(Cc3ccc(N=Cc4ccc(Br)c([N+](=O)[O-])c4)cc3)cc2)ccc1Br. The topological polar surface area (TPSA) is 111 Å². The zero-order valence-corrected chi connectivity index (χ0v) is 22.3. The van der Waals surface area contributed by atoms with Crippen LogP contribution in [0.5, 0.6) is 0 Å². The largest absolute Gasteiger partial charge is 0.284 e. The van der Waals surface area contributed by atoms with E-state index in [2.05, 4.69) is 41.8 Å². The fourth-order valence-corrected chi connectivity index (χ4v) is 4.22. The van der Waals surface area contributed by atoms with E-state index < -0.39 is 9.85 Å². The summed E-state index contributed by atoms with van der Waals surface area (Å²) in [5.74, 6) is 0. The van der Waals surface area contributed by atoms with Crippen LogP contribution in [0.2, 0.25) is 0 Å². The second-order valence-corrected chi connectivity index (χ2v) is 9.67. The summed E-state index contributed by atoms with van der Waals surface area (Å²) < 4.78 is 0.851. The molecule has 184 valence electrons. The minimum absolute atomic E-state index is 0.00621. The summed E-state index contributed by atoms with van der Waals surface area (Å²) in [5, 5.41) is 22.2. The number of halogens is 2. The Labute approximate surface area is 229 Å². The normalized spacial score (nSPS) is 11.3. The van der Waals surface area contributed by atoms with Gasteiger partial charge in [0, 0.05) is 24.6 Å². The Hall–Kier alpha value is -4.02. The molecule has 0 bridgehead atoms. The van der Waals surface area contributed by atoms with E-state index in [-0.39, 0.29) is 11.4 Å². The minimum Gasteiger partial charge on any atom is -0.258 e. The molecule has 0 aliphatic carbocycles. The molecular weight excluding hydrogens is 604 g/mol. The predicted octanol–water partition coefficient (Wildman–Crippen LogP) is 8.12. The number of benzene rings is 4. The van der Waals surface area contributed by atoms with Crippen molar-refractivity contribution < 1.29 is 9.85 Å². The van der Waals surface area contributed by atoms with Crippen molar-refractivity contribution >= 4 is 67.0 Å². The maximum absolute atomic E-state index is 11.1. The molecule has 0 saturated heterocycles. The Kier molecular flexibility index (Phi) is 8.32. The summed E-state index contributed by atoms with van der Waals surface area (Å²) in [5.41, 5.74) is 4.97. The van der Waals surface area contributed by atoms with Crippen molar-refractivity contribution in [3.05, 3.63) is 136 Å². The lowest BCUT2D eigenvalue weighted by atomic mass is 10.0. The van der Waals surface area contributed by atoms with Gasteiger partial charge in [-0.25, -0.2) is 0 Å². The molecule has 10 heteroatoms. The lowest BCUT2D eigenvalue weighted by molar-refractivity contribution is -0.385. The van der Waals surface area contributed by atoms with Gasteiger partial charge in [0.25, 0.3) is 11.4 Å². The quantitative estimate of drug-likeness (QED) is 0.112. The Bertz CT molecular complexity index is 1400. The van der Waals surface area contributed by atoms with E-state index in [4.69, 9.17) is 0 Å². The van der Waals surface area contributed by atoms with E-state index in [1.165, 1.54) is 12.1 Å². The molecule has 8 nitrogen and oxygen atoms in total. The molecule has 4 aromatic rings. The molecule has 0 aliphatic rings. The maximum atomic E-state index is 11.1. The van der Waals surface area contributed by atoms with Gasteiger partial charge in [0.1, 0.15) is 0 Å². The molecule has 0 fully saturated rings. The third-order valence-electron chi connectivity index (χ3n) is 5.34. The lowest BCUT2D eigenvalue weighted by Gasteiger charge is -2.04. The number of nitro benzene ring substituents is 2. The van der Waals surface area contributed by atoms with Crippen molar-refractivity contribution in [3.63, 3.8) is 0 Å². The molecular formula is C27H18Br2N4O4. The van der Waals surface area contributed by atoms with E-state index in [0.717, 1.165) is 28.9 Å². The second-order valence-electron chi connectivity index (χ2n) is 7.96. The van der Waals surface area contributed by atoms with Gasteiger partial charge in [-0.15, -0.1) is 0 Å². The first-order chi connectivity index (χ1) is 17.8. The van der Waals surface area contributed by atoms with Gasteiger partial charge in [-0.1, -0.05) is 36.4 Å². The van der Waals surface area contributed by atoms with E-state index >= 15 is 0 Å². The third kappa shape index (κ3) is 7.02. The molecule has 0 heterocycles. The van der Waals surface area contributed by atoms with E-state index in [1.54, 1.807) is 36.7 Å². The molecule has 0 amide bonds. The van der Waals surface area contributed by atoms with Crippen LogP contribution in [0.3, 0.4) is 0 Å². The smallest absolute Gasteiger partial charge is 0.258 e. The summed E-state index contributed by atoms with van der Waals surface area (Å²) >= 11 is 6.35. The van der Waals surface area contributed by atoms with Gasteiger partial charge in [0.2, 0.25) is 0 Å². The monoisotopic (exact) mass is 620 g/mol. The maximum Gasteiger partial charge on any atom is 0.284 e. The lowest BCUT2D eigenvalue weighted by Crippen LogP contribution is -1.91. The van der Waals surface area contributed by atoms with Gasteiger partial charge in [-0.05, 0) is 96.9 Å². The Balaban J connectivity index is 1.38. The first kappa shape index (κ1) is 26.1. The molecule has 0 saturated carbocycles. The highest BCUT2D eigenvalue weighted by atomic mass is 79.9. The average Bonchev–Trinajstić information content (AvgIpc) is 2.89. The highest BCUT2D eigenvalue weighted by Gasteiger charge is 2.12. The van der Waals surface area contributed by atoms with Crippen molar-refractivity contribution in [2.75, 3.05) is 0 Å². The van der Waals surface area contributed by atoms with Gasteiger partial charge < -0.3 is 0 Å². The van der Waals surface area contributed by atoms with Gasteiger partial charge in [-0.2, -0.15) is 0 Å². The van der Waals surface area contributed by atoms with E-state index in [0.29, 0.717) is 20.1 Å². The molecule has 37 heavy (non-hydrogen) atoms. The van der Waals surface area contributed by atoms with Crippen LogP contribution in [0.4, 0.5) is 22.7 Å². The average molecular weight is 622 g/mol. The number of hydrogen-bond acceptors (Lipinski definition) is 6. The Morgan fingerprint density at radius 1 is 0.622 bits per heavy atom. The summed E-state index contributed by atoms with van der Waals surface area (Å²) in [7, 11) is 0. The molecule has 0 spiro atoms. The van der Waals surface area contributed by atoms with Crippen molar-refractivity contribution in [1.82, 2.24) is 0 Å². The molecule has 0 radical (unpaired) electrons. The molecule has 0 unspecified atom stereocenters. The van der Waals surface area contributed by atoms with Gasteiger partial charge in [-0.3, -0.25) is 30.2 Å². The van der Waals surface area contributed by atoms with Crippen LogP contribution < -0.4 is 0 Å². The van der Waals surface area contributed by atoms with Gasteiger partial charge >= 0.3 is 0 Å². The van der Waals surface area contributed by atoms with Crippen LogP contribution >= 0.6 is 31.9 Å². The summed E-state index contributed by atoms with van der Waals surface area (Å²) in [6.07, 6.45) is 3.92. The molecule has 0 aromatic heterocycles. The summed E-state index contributed by atoms with van der Waals surface area (Å²) in [6.45, 7) is 0. The van der Waals surface area contributed by atoms with Crippen molar-refractivity contribution in [2.45, 2.75) is 6.42 Å². The fraction of sp³-hybridized carbons (Fsp3) is 0.0370. The standard InChI is InChI=1S/C27H18Br2N4O4/c28-24-11-5-20(14-26(24)32(34)35)16-30-22-7-1-18(2-8-22)13-19-3-9-23(10-4-19)31-17-21-6-12-25(29)27(15-21)33(36)37/h1-12,14-17H,13H2. The first-order valence-corrected chi connectivity index (χ1v) is 12.5. The van der Waals surface area contributed by atoms with Crippen LogP contribution in [0.15, 0.2) is 104 Å². The van der Waals surface area contributed by atoms with Crippen LogP contribution in [0.1, 0.15) is 22.3 Å². The van der Waals surface area contributed by atoms with Crippen molar-refractivity contribution in [2.24, 2.45) is 9.98 Å². The van der Waals surface area contributed by atoms with Crippen LogP contribution in [0.25, 0.3) is 0 Å². The molecule has 4 rings (SSSR count). The highest BCUT2D eigenvalue weighted by Crippen LogP contribution is 2.26. The molecule has 0 N–H and O–H groups in total. The highest BCUT2D eigenvalue weighted by molar-refractivity contribution is 9.11. The number of nitro groups is 2. The number of aliphatic imine (C=N–C) groups is 2. The number of hydrogen-bond donors (Lipinski definition) is 0. The summed E-state index contributed by atoms with van der Waals surface area (Å²) in [4.78, 5) is 30.1. The number of nitrogens with zero attached hydrogens (tertiary/aromatic N) is 4. The number of rotatable bonds is 8. The second kappa shape index (κ2) is 11.8. The molecule has 4 aromatic carbocycles. The Morgan fingerprint density at radius 2 is 1.00 bits per heavy atom. The predicted molar refractivity (Wildman–Crippen MR) is 152 cm³/mol. The van der Waals surface area contributed by atoms with Crippen LogP contribution in [0, 0.1) is 20.2 Å². The van der Waals surface area contributed by atoms with Crippen molar-refractivity contribution in [1.29, 1.82) is 0 Å². The van der Waals surface area contributed by atoms with Crippen LogP contribution in [-0.2, 0) is 6.42 Å². The Morgan fingerprint density at radius 3 is 1.35 bits per heavy atom. The first-order valence-electron chi connectivity index (χ1n) is 10.9. The van der Waals surface area contributed by atoms with Crippen molar-refractivity contribution in [3.8, 4) is 0 Å². The zero-order chi connectivity index (χ0) is 26.4. The fourth-order valence-electron chi connectivity index (χ4n) is 3.43. The summed E-state index contributed by atoms with van der Waals surface area (Å²) in [6, 6.07) is 25.3. The molecule has 0 aliphatic heterocycles. The molecule has 0 atom stereocenters.